The third kappa shape index (κ3) is 6.64. The molecular weight excluding hydrogens is 480 g/mol. The topological polar surface area (TPSA) is 79.3 Å². The van der Waals surface area contributed by atoms with Crippen LogP contribution in [0.5, 0.6) is 11.5 Å². The Morgan fingerprint density at radius 2 is 1.79 bits per heavy atom. The van der Waals surface area contributed by atoms with Crippen molar-refractivity contribution in [3.63, 3.8) is 0 Å². The van der Waals surface area contributed by atoms with Crippen molar-refractivity contribution in [2.45, 2.75) is 40.7 Å². The van der Waals surface area contributed by atoms with Crippen molar-refractivity contribution in [3.05, 3.63) is 77.4 Å². The van der Waals surface area contributed by atoms with Crippen LogP contribution < -0.4 is 9.47 Å². The van der Waals surface area contributed by atoms with Crippen molar-refractivity contribution in [2.75, 3.05) is 39.4 Å². The molecule has 0 aromatic heterocycles. The molecule has 1 amide bonds. The highest BCUT2D eigenvalue weighted by atomic mass is 16.5. The van der Waals surface area contributed by atoms with Crippen molar-refractivity contribution >= 4 is 17.4 Å². The molecule has 0 radical (unpaired) electrons. The third-order valence-corrected chi connectivity index (χ3v) is 6.68. The lowest BCUT2D eigenvalue weighted by molar-refractivity contribution is -0.140. The lowest BCUT2D eigenvalue weighted by atomic mass is 9.94. The van der Waals surface area contributed by atoms with Crippen LogP contribution in [0, 0.1) is 12.8 Å². The van der Waals surface area contributed by atoms with Gasteiger partial charge in [-0.15, -0.1) is 0 Å². The highest BCUT2D eigenvalue weighted by Crippen LogP contribution is 2.40. The van der Waals surface area contributed by atoms with Gasteiger partial charge in [0.1, 0.15) is 23.9 Å². The summed E-state index contributed by atoms with van der Waals surface area (Å²) in [6, 6.07) is 11.9. The molecule has 1 aliphatic heterocycles. The van der Waals surface area contributed by atoms with Gasteiger partial charge in [0.05, 0.1) is 18.2 Å². The van der Waals surface area contributed by atoms with E-state index in [0.29, 0.717) is 43.5 Å². The second-order valence-electron chi connectivity index (χ2n) is 9.87. The quantitative estimate of drug-likeness (QED) is 0.166. The second-order valence-corrected chi connectivity index (χ2v) is 9.87. The number of Topliss-reactive ketones (excluding diaryl/α,β-unsaturated/α-hetero) is 1. The molecule has 1 unspecified atom stereocenters. The Kier molecular flexibility index (Phi) is 10.1. The summed E-state index contributed by atoms with van der Waals surface area (Å²) in [5.41, 5.74) is 2.12. The molecule has 7 nitrogen and oxygen atoms in total. The highest BCUT2D eigenvalue weighted by molar-refractivity contribution is 6.46. The maximum atomic E-state index is 13.4. The Bertz CT molecular complexity index is 1170. The Balaban J connectivity index is 2.04. The van der Waals surface area contributed by atoms with Crippen LogP contribution in [0.2, 0.25) is 0 Å². The van der Waals surface area contributed by atoms with Crippen LogP contribution in [-0.2, 0) is 9.59 Å². The minimum atomic E-state index is -0.712. The van der Waals surface area contributed by atoms with Crippen molar-refractivity contribution in [3.8, 4) is 11.5 Å². The summed E-state index contributed by atoms with van der Waals surface area (Å²) in [7, 11) is 0. The molecule has 204 valence electrons. The van der Waals surface area contributed by atoms with Crippen LogP contribution in [0.3, 0.4) is 0 Å². The van der Waals surface area contributed by atoms with Crippen LogP contribution in [-0.4, -0.2) is 66.0 Å². The monoisotopic (exact) mass is 520 g/mol. The molecule has 2 aromatic carbocycles. The Morgan fingerprint density at radius 1 is 1.11 bits per heavy atom. The molecule has 0 aliphatic carbocycles. The molecule has 0 spiro atoms. The SMILES string of the molecule is C=CCOc1ccc(C2C(=C(O)c3ccc(OCC(C)C)c(C)c3)C(=O)C(=O)N2CCN(CC)CC)cc1. The first kappa shape index (κ1) is 29.0. The maximum Gasteiger partial charge on any atom is 0.295 e. The molecular formula is C31H40N2O5. The molecule has 1 atom stereocenters. The van der Waals surface area contributed by atoms with Crippen molar-refractivity contribution in [1.29, 1.82) is 0 Å². The fourth-order valence-electron chi connectivity index (χ4n) is 4.52. The van der Waals surface area contributed by atoms with Gasteiger partial charge >= 0.3 is 0 Å². The molecule has 1 fully saturated rings. The average molecular weight is 521 g/mol. The number of rotatable bonds is 13. The average Bonchev–Trinajstić information content (AvgIpc) is 3.16. The molecule has 2 aromatic rings. The summed E-state index contributed by atoms with van der Waals surface area (Å²) in [6.07, 6.45) is 1.66. The van der Waals surface area contributed by atoms with E-state index >= 15 is 0 Å². The standard InChI is InChI=1S/C31H40N2O5/c1-7-18-37-25-13-10-23(11-14-25)28-27(30(35)31(36)33(28)17-16-32(8-2)9-3)29(34)24-12-15-26(22(6)19-24)38-20-21(4)5/h7,10-15,19,21,28,34H,1,8-9,16-18,20H2,2-6H3. The van der Waals surface area contributed by atoms with Crippen molar-refractivity contribution in [2.24, 2.45) is 5.92 Å². The van der Waals surface area contributed by atoms with E-state index in [1.54, 1.807) is 41.3 Å². The molecule has 1 aliphatic rings. The van der Waals surface area contributed by atoms with Crippen LogP contribution in [0.1, 0.15) is 50.4 Å². The zero-order valence-electron chi connectivity index (χ0n) is 23.2. The number of likely N-dealkylation sites (N-methyl/N-ethyl adjacent to an activating group) is 1. The van der Waals surface area contributed by atoms with Crippen molar-refractivity contribution in [1.82, 2.24) is 9.80 Å². The number of ketones is 1. The van der Waals surface area contributed by atoms with Gasteiger partial charge in [0.15, 0.2) is 0 Å². The summed E-state index contributed by atoms with van der Waals surface area (Å²) >= 11 is 0. The van der Waals surface area contributed by atoms with E-state index in [0.717, 1.165) is 30.0 Å². The van der Waals surface area contributed by atoms with Gasteiger partial charge in [-0.3, -0.25) is 9.59 Å². The number of nitrogens with zero attached hydrogens (tertiary/aromatic N) is 2. The number of carbonyl (C=O) groups excluding carboxylic acids is 2. The predicted molar refractivity (Wildman–Crippen MR) is 150 cm³/mol. The molecule has 38 heavy (non-hydrogen) atoms. The number of aliphatic hydroxyl groups is 1. The number of benzene rings is 2. The zero-order chi connectivity index (χ0) is 27.8. The van der Waals surface area contributed by atoms with E-state index < -0.39 is 17.7 Å². The van der Waals surface area contributed by atoms with Gasteiger partial charge in [0, 0.05) is 18.7 Å². The minimum absolute atomic E-state index is 0.0876. The largest absolute Gasteiger partial charge is 0.507 e. The van der Waals surface area contributed by atoms with E-state index in [1.807, 2.05) is 19.1 Å². The summed E-state index contributed by atoms with van der Waals surface area (Å²) in [5, 5.41) is 11.4. The number of aryl methyl sites for hydroxylation is 1. The Labute approximate surface area is 226 Å². The molecule has 0 saturated carbocycles. The summed E-state index contributed by atoms with van der Waals surface area (Å²) < 4.78 is 11.5. The van der Waals surface area contributed by atoms with Gasteiger partial charge in [-0.2, -0.15) is 0 Å². The van der Waals surface area contributed by atoms with Gasteiger partial charge in [0.2, 0.25) is 0 Å². The molecule has 7 heteroatoms. The maximum absolute atomic E-state index is 13.4. The first-order chi connectivity index (χ1) is 18.2. The van der Waals surface area contributed by atoms with Gasteiger partial charge in [-0.05, 0) is 67.4 Å². The van der Waals surface area contributed by atoms with E-state index in [1.165, 1.54) is 0 Å². The van der Waals surface area contributed by atoms with Gasteiger partial charge < -0.3 is 24.4 Å². The van der Waals surface area contributed by atoms with Gasteiger partial charge in [-0.1, -0.05) is 52.5 Å². The minimum Gasteiger partial charge on any atom is -0.507 e. The van der Waals surface area contributed by atoms with Crippen LogP contribution in [0.15, 0.2) is 60.7 Å². The first-order valence-electron chi connectivity index (χ1n) is 13.3. The van der Waals surface area contributed by atoms with Crippen molar-refractivity contribution < 1.29 is 24.2 Å². The molecule has 1 saturated heterocycles. The highest BCUT2D eigenvalue weighted by Gasteiger charge is 2.46. The van der Waals surface area contributed by atoms with Crippen LogP contribution in [0.25, 0.3) is 5.76 Å². The van der Waals surface area contributed by atoms with Gasteiger partial charge in [0.25, 0.3) is 11.7 Å². The van der Waals surface area contributed by atoms with E-state index in [4.69, 9.17) is 9.47 Å². The van der Waals surface area contributed by atoms with Gasteiger partial charge in [-0.25, -0.2) is 0 Å². The lowest BCUT2D eigenvalue weighted by Crippen LogP contribution is -2.38. The lowest BCUT2D eigenvalue weighted by Gasteiger charge is -2.28. The molecule has 3 rings (SSSR count). The summed E-state index contributed by atoms with van der Waals surface area (Å²) in [5.74, 6) is 0.275. The molecule has 1 N–H and O–H groups in total. The number of hydrogen-bond acceptors (Lipinski definition) is 6. The summed E-state index contributed by atoms with van der Waals surface area (Å²) in [6.45, 7) is 17.5. The number of aliphatic hydroxyl groups excluding tert-OH is 1. The Hall–Kier alpha value is -3.58. The van der Waals surface area contributed by atoms with E-state index in [2.05, 4.69) is 39.2 Å². The van der Waals surface area contributed by atoms with E-state index in [-0.39, 0.29) is 11.3 Å². The fraction of sp³-hybridized carbons (Fsp3) is 0.419. The second kappa shape index (κ2) is 13.3. The molecule has 0 bridgehead atoms. The predicted octanol–water partition coefficient (Wildman–Crippen LogP) is 5.36. The number of ether oxygens (including phenoxy) is 2. The molecule has 1 heterocycles. The first-order valence-corrected chi connectivity index (χ1v) is 13.3. The van der Waals surface area contributed by atoms with Crippen LogP contribution >= 0.6 is 0 Å². The number of likely N-dealkylation sites (tertiary alicyclic amines) is 1. The Morgan fingerprint density at radius 3 is 2.37 bits per heavy atom. The van der Waals surface area contributed by atoms with Crippen LogP contribution in [0.4, 0.5) is 0 Å². The fourth-order valence-corrected chi connectivity index (χ4v) is 4.52. The zero-order valence-corrected chi connectivity index (χ0v) is 23.2. The number of amides is 1. The number of hydrogen-bond donors (Lipinski definition) is 1. The third-order valence-electron chi connectivity index (χ3n) is 6.68. The summed E-state index contributed by atoms with van der Waals surface area (Å²) in [4.78, 5) is 30.4. The number of carbonyl (C=O) groups is 2. The van der Waals surface area contributed by atoms with E-state index in [9.17, 15) is 14.7 Å². The smallest absolute Gasteiger partial charge is 0.295 e. The normalized spacial score (nSPS) is 16.9.